The number of hydrogen-bond acceptors (Lipinski definition) is 6. The molecule has 1 atom stereocenters. The van der Waals surface area contributed by atoms with Gasteiger partial charge in [0.15, 0.2) is 5.78 Å². The number of methoxy groups -OCH3 is 2. The summed E-state index contributed by atoms with van der Waals surface area (Å²) < 4.78 is 11.6. The van der Waals surface area contributed by atoms with Gasteiger partial charge in [0, 0.05) is 25.3 Å². The third-order valence-electron chi connectivity index (χ3n) is 5.40. The molecule has 1 aromatic carbocycles. The van der Waals surface area contributed by atoms with Gasteiger partial charge in [-0.3, -0.25) is 19.1 Å². The Balaban J connectivity index is 1.85. The molecule has 2 heterocycles. The van der Waals surface area contributed by atoms with Gasteiger partial charge in [0.05, 0.1) is 25.6 Å². The lowest BCUT2D eigenvalue weighted by molar-refractivity contribution is 0.0964. The summed E-state index contributed by atoms with van der Waals surface area (Å²) in [5.41, 5.74) is 1.30. The molecule has 0 radical (unpaired) electrons. The van der Waals surface area contributed by atoms with Gasteiger partial charge < -0.3 is 9.47 Å². The molecule has 8 heteroatoms. The summed E-state index contributed by atoms with van der Waals surface area (Å²) >= 11 is 0. The second kappa shape index (κ2) is 7.63. The zero-order chi connectivity index (χ0) is 20.5. The van der Waals surface area contributed by atoms with Crippen LogP contribution in [0.25, 0.3) is 11.0 Å². The van der Waals surface area contributed by atoms with Crippen molar-refractivity contribution >= 4 is 16.8 Å². The van der Waals surface area contributed by atoms with Gasteiger partial charge in [-0.15, -0.1) is 0 Å². The summed E-state index contributed by atoms with van der Waals surface area (Å²) in [6, 6.07) is 7.58. The van der Waals surface area contributed by atoms with E-state index < -0.39 is 11.2 Å². The van der Waals surface area contributed by atoms with E-state index in [4.69, 9.17) is 9.47 Å². The molecule has 2 aromatic heterocycles. The number of fused-ring (bicyclic) bond motifs is 3. The molecular weight excluding hydrogens is 374 g/mol. The molecule has 0 aliphatic heterocycles. The van der Waals surface area contributed by atoms with Gasteiger partial charge in [-0.25, -0.2) is 9.78 Å². The SMILES string of the molecule is COCCn1c(=O)[nH]c(=O)c2c3c(cnc21)C(=O)C[C@@H](c1ccc(OC)cc1)C3. The van der Waals surface area contributed by atoms with E-state index in [0.717, 1.165) is 11.3 Å². The average Bonchev–Trinajstić information content (AvgIpc) is 2.73. The highest BCUT2D eigenvalue weighted by Crippen LogP contribution is 2.35. The van der Waals surface area contributed by atoms with Crippen LogP contribution >= 0.6 is 0 Å². The minimum Gasteiger partial charge on any atom is -0.497 e. The first-order valence-electron chi connectivity index (χ1n) is 9.34. The highest BCUT2D eigenvalue weighted by molar-refractivity contribution is 6.02. The summed E-state index contributed by atoms with van der Waals surface area (Å²) in [5.74, 6) is 0.616. The Kier molecular flexibility index (Phi) is 5.02. The Morgan fingerprint density at radius 1 is 1.14 bits per heavy atom. The van der Waals surface area contributed by atoms with Crippen LogP contribution in [-0.4, -0.2) is 41.1 Å². The number of nitrogens with one attached hydrogen (secondary N) is 1. The number of carbonyl (C=O) groups is 1. The normalized spacial score (nSPS) is 16.1. The number of hydrogen-bond donors (Lipinski definition) is 1. The first-order valence-corrected chi connectivity index (χ1v) is 9.34. The minimum atomic E-state index is -0.541. The van der Waals surface area contributed by atoms with Crippen LogP contribution in [-0.2, 0) is 17.7 Å². The number of carbonyl (C=O) groups excluding carboxylic acids is 1. The second-order valence-electron chi connectivity index (χ2n) is 7.05. The second-order valence-corrected chi connectivity index (χ2v) is 7.05. The summed E-state index contributed by atoms with van der Waals surface area (Å²) in [6.45, 7) is 0.553. The number of ether oxygens (including phenoxy) is 2. The zero-order valence-corrected chi connectivity index (χ0v) is 16.2. The standard InChI is InChI=1S/C21H21N3O5/c1-28-8-7-24-19-18(20(26)23-21(24)27)15-9-13(10-17(25)16(15)11-22-19)12-3-5-14(29-2)6-4-12/h3-6,11,13H,7-10H2,1-2H3,(H,23,26,27)/t13-/m0/s1. The van der Waals surface area contributed by atoms with E-state index in [1.165, 1.54) is 17.9 Å². The molecule has 1 aliphatic rings. The molecule has 0 unspecified atom stereocenters. The molecule has 29 heavy (non-hydrogen) atoms. The number of ketones is 1. The molecule has 8 nitrogen and oxygen atoms in total. The third-order valence-corrected chi connectivity index (χ3v) is 5.40. The quantitative estimate of drug-likeness (QED) is 0.705. The molecule has 0 bridgehead atoms. The van der Waals surface area contributed by atoms with Crippen molar-refractivity contribution in [3.05, 3.63) is 68.0 Å². The van der Waals surface area contributed by atoms with Crippen LogP contribution in [0.5, 0.6) is 5.75 Å². The highest BCUT2D eigenvalue weighted by atomic mass is 16.5. The van der Waals surface area contributed by atoms with E-state index in [1.807, 2.05) is 24.3 Å². The fourth-order valence-corrected chi connectivity index (χ4v) is 3.91. The summed E-state index contributed by atoms with van der Waals surface area (Å²) in [7, 11) is 3.14. The maximum Gasteiger partial charge on any atom is 0.330 e. The Bertz CT molecular complexity index is 1190. The van der Waals surface area contributed by atoms with Crippen molar-refractivity contribution in [1.82, 2.24) is 14.5 Å². The van der Waals surface area contributed by atoms with Gasteiger partial charge in [-0.1, -0.05) is 12.1 Å². The van der Waals surface area contributed by atoms with Crippen LogP contribution in [0.4, 0.5) is 0 Å². The van der Waals surface area contributed by atoms with Gasteiger partial charge in [0.2, 0.25) is 0 Å². The van der Waals surface area contributed by atoms with Crippen LogP contribution in [0, 0.1) is 0 Å². The van der Waals surface area contributed by atoms with E-state index in [9.17, 15) is 14.4 Å². The Hall–Kier alpha value is -3.26. The molecule has 1 aliphatic carbocycles. The molecule has 0 spiro atoms. The first kappa shape index (κ1) is 19.1. The maximum atomic E-state index is 12.8. The smallest absolute Gasteiger partial charge is 0.330 e. The van der Waals surface area contributed by atoms with Crippen molar-refractivity contribution in [3.63, 3.8) is 0 Å². The minimum absolute atomic E-state index is 0.0597. The first-order chi connectivity index (χ1) is 14.0. The largest absolute Gasteiger partial charge is 0.497 e. The van der Waals surface area contributed by atoms with Crippen LogP contribution < -0.4 is 16.0 Å². The van der Waals surface area contributed by atoms with E-state index in [1.54, 1.807) is 7.11 Å². The molecule has 150 valence electrons. The van der Waals surface area contributed by atoms with E-state index >= 15 is 0 Å². The van der Waals surface area contributed by atoms with Gasteiger partial charge in [0.1, 0.15) is 11.4 Å². The summed E-state index contributed by atoms with van der Waals surface area (Å²) in [6.07, 6.45) is 2.33. The van der Waals surface area contributed by atoms with Crippen molar-refractivity contribution in [3.8, 4) is 5.75 Å². The molecule has 4 rings (SSSR count). The summed E-state index contributed by atoms with van der Waals surface area (Å²) in [5, 5.41) is 0.296. The van der Waals surface area contributed by atoms with Crippen LogP contribution in [0.3, 0.4) is 0 Å². The van der Waals surface area contributed by atoms with E-state index in [2.05, 4.69) is 9.97 Å². The molecule has 0 fully saturated rings. The van der Waals surface area contributed by atoms with Crippen molar-refractivity contribution in [2.24, 2.45) is 0 Å². The number of benzene rings is 1. The third kappa shape index (κ3) is 3.36. The lowest BCUT2D eigenvalue weighted by atomic mass is 9.79. The van der Waals surface area contributed by atoms with E-state index in [-0.39, 0.29) is 23.9 Å². The topological polar surface area (TPSA) is 103 Å². The fourth-order valence-electron chi connectivity index (χ4n) is 3.91. The Morgan fingerprint density at radius 3 is 2.59 bits per heavy atom. The van der Waals surface area contributed by atoms with Crippen molar-refractivity contribution < 1.29 is 14.3 Å². The number of Topliss-reactive ketones (excluding diaryl/α,β-unsaturated/α-hetero) is 1. The average molecular weight is 395 g/mol. The van der Waals surface area contributed by atoms with Crippen molar-refractivity contribution in [2.75, 3.05) is 20.8 Å². The van der Waals surface area contributed by atoms with Gasteiger partial charge in [-0.2, -0.15) is 0 Å². The number of pyridine rings is 1. The number of aromatic nitrogens is 3. The number of aromatic amines is 1. The lowest BCUT2D eigenvalue weighted by Crippen LogP contribution is -2.33. The van der Waals surface area contributed by atoms with Gasteiger partial charge in [0.25, 0.3) is 5.56 Å². The molecule has 0 saturated heterocycles. The van der Waals surface area contributed by atoms with Gasteiger partial charge in [-0.05, 0) is 35.6 Å². The monoisotopic (exact) mass is 395 g/mol. The maximum absolute atomic E-state index is 12.8. The lowest BCUT2D eigenvalue weighted by Gasteiger charge is -2.25. The molecule has 0 saturated carbocycles. The molecular formula is C21H21N3O5. The van der Waals surface area contributed by atoms with Crippen molar-refractivity contribution in [1.29, 1.82) is 0 Å². The van der Waals surface area contributed by atoms with E-state index in [0.29, 0.717) is 36.0 Å². The predicted molar refractivity (Wildman–Crippen MR) is 107 cm³/mol. The molecule has 3 aromatic rings. The van der Waals surface area contributed by atoms with Crippen molar-refractivity contribution in [2.45, 2.75) is 25.3 Å². The Morgan fingerprint density at radius 2 is 1.90 bits per heavy atom. The molecule has 0 amide bonds. The molecule has 1 N–H and O–H groups in total. The van der Waals surface area contributed by atoms with Crippen LogP contribution in [0.15, 0.2) is 40.1 Å². The zero-order valence-electron chi connectivity index (χ0n) is 16.2. The highest BCUT2D eigenvalue weighted by Gasteiger charge is 2.30. The Labute approximate surface area is 166 Å². The van der Waals surface area contributed by atoms with Gasteiger partial charge >= 0.3 is 5.69 Å². The number of rotatable bonds is 5. The number of nitrogens with zero attached hydrogens (tertiary/aromatic N) is 2. The number of H-pyrrole nitrogens is 1. The van der Waals surface area contributed by atoms with Crippen LogP contribution in [0.1, 0.15) is 33.8 Å². The van der Waals surface area contributed by atoms with Crippen LogP contribution in [0.2, 0.25) is 0 Å². The predicted octanol–water partition coefficient (Wildman–Crippen LogP) is 1.65. The fraction of sp³-hybridized carbons (Fsp3) is 0.333. The summed E-state index contributed by atoms with van der Waals surface area (Å²) in [4.78, 5) is 44.4.